The van der Waals surface area contributed by atoms with Crippen molar-refractivity contribution in [1.82, 2.24) is 0 Å². The lowest BCUT2D eigenvalue weighted by Gasteiger charge is -2.26. The average molecular weight is 275 g/mol. The predicted molar refractivity (Wildman–Crippen MR) is 80.6 cm³/mol. The molecule has 0 spiro atoms. The maximum atomic E-state index is 10.8. The first-order valence-electron chi connectivity index (χ1n) is 6.44. The molecule has 0 aliphatic rings. The summed E-state index contributed by atoms with van der Waals surface area (Å²) in [5.74, 6) is 0. The molecule has 1 atom stereocenters. The third-order valence-electron chi connectivity index (χ3n) is 3.47. The summed E-state index contributed by atoms with van der Waals surface area (Å²) in [6.07, 6.45) is 0.511. The molecule has 0 amide bonds. The minimum atomic E-state index is -0.916. The van der Waals surface area contributed by atoms with Crippen molar-refractivity contribution < 1.29 is 5.11 Å². The third kappa shape index (κ3) is 3.17. The fourth-order valence-corrected chi connectivity index (χ4v) is 2.63. The Bertz CT molecular complexity index is 588. The molecule has 0 radical (unpaired) electrons. The molecule has 0 aliphatic heterocycles. The highest BCUT2D eigenvalue weighted by Gasteiger charge is 2.26. The van der Waals surface area contributed by atoms with Gasteiger partial charge in [-0.15, -0.1) is 0 Å². The number of aryl methyl sites for hydroxylation is 2. The maximum absolute atomic E-state index is 10.8. The molecule has 0 fully saturated rings. The molecule has 2 heteroatoms. The second-order valence-electron chi connectivity index (χ2n) is 5.36. The van der Waals surface area contributed by atoms with E-state index in [0.717, 1.165) is 22.3 Å². The third-order valence-corrected chi connectivity index (χ3v) is 3.83. The first-order valence-corrected chi connectivity index (χ1v) is 6.81. The molecule has 0 aliphatic carbocycles. The molecule has 0 saturated carbocycles. The summed E-state index contributed by atoms with van der Waals surface area (Å²) in [7, 11) is 0. The Kier molecular flexibility index (Phi) is 3.98. The van der Waals surface area contributed by atoms with Gasteiger partial charge in [-0.2, -0.15) is 0 Å². The Labute approximate surface area is 119 Å². The molecule has 2 rings (SSSR count). The monoisotopic (exact) mass is 274 g/mol. The van der Waals surface area contributed by atoms with Crippen molar-refractivity contribution in [2.45, 2.75) is 32.8 Å². The lowest BCUT2D eigenvalue weighted by atomic mass is 9.85. The van der Waals surface area contributed by atoms with E-state index in [2.05, 4.69) is 6.07 Å². The summed E-state index contributed by atoms with van der Waals surface area (Å²) in [4.78, 5) is 0. The van der Waals surface area contributed by atoms with Crippen molar-refractivity contribution in [3.8, 4) is 0 Å². The van der Waals surface area contributed by atoms with E-state index in [0.29, 0.717) is 11.4 Å². The molecule has 1 nitrogen and oxygen atoms in total. The molecule has 2 aromatic carbocycles. The number of hydrogen-bond donors (Lipinski definition) is 1. The van der Waals surface area contributed by atoms with Gasteiger partial charge in [0.15, 0.2) is 0 Å². The van der Waals surface area contributed by atoms with Crippen LogP contribution in [0.1, 0.15) is 29.2 Å². The van der Waals surface area contributed by atoms with Crippen LogP contribution in [0.4, 0.5) is 0 Å². The lowest BCUT2D eigenvalue weighted by Crippen LogP contribution is -2.25. The first kappa shape index (κ1) is 14.1. The van der Waals surface area contributed by atoms with Gasteiger partial charge in [0.05, 0.1) is 5.60 Å². The van der Waals surface area contributed by atoms with Gasteiger partial charge < -0.3 is 5.11 Å². The molecular formula is C17H19ClO. The number of hydrogen-bond acceptors (Lipinski definition) is 1. The molecule has 100 valence electrons. The molecule has 0 aromatic heterocycles. The van der Waals surface area contributed by atoms with Crippen LogP contribution in [0.25, 0.3) is 0 Å². The van der Waals surface area contributed by atoms with Crippen LogP contribution in [0.5, 0.6) is 0 Å². The van der Waals surface area contributed by atoms with E-state index < -0.39 is 5.60 Å². The van der Waals surface area contributed by atoms with E-state index in [1.54, 1.807) is 0 Å². The van der Waals surface area contributed by atoms with Crippen LogP contribution < -0.4 is 0 Å². The average Bonchev–Trinajstić information content (AvgIpc) is 2.35. The van der Waals surface area contributed by atoms with Crippen LogP contribution in [0.3, 0.4) is 0 Å². The molecule has 1 unspecified atom stereocenters. The summed E-state index contributed by atoms with van der Waals surface area (Å²) in [6.45, 7) is 5.91. The van der Waals surface area contributed by atoms with Crippen LogP contribution in [0.2, 0.25) is 5.02 Å². The normalized spacial score (nSPS) is 14.2. The van der Waals surface area contributed by atoms with Gasteiger partial charge in [-0.05, 0) is 43.5 Å². The zero-order valence-electron chi connectivity index (χ0n) is 11.6. The molecule has 0 saturated heterocycles. The summed E-state index contributed by atoms with van der Waals surface area (Å²) in [5.41, 5.74) is 3.27. The smallest absolute Gasteiger partial charge is 0.0911 e. The number of rotatable bonds is 3. The maximum Gasteiger partial charge on any atom is 0.0911 e. The van der Waals surface area contributed by atoms with Gasteiger partial charge in [0.2, 0.25) is 0 Å². The zero-order valence-corrected chi connectivity index (χ0v) is 12.3. The number of aliphatic hydroxyl groups is 1. The van der Waals surface area contributed by atoms with E-state index in [9.17, 15) is 5.11 Å². The second-order valence-corrected chi connectivity index (χ2v) is 5.77. The van der Waals surface area contributed by atoms with Crippen molar-refractivity contribution in [3.05, 3.63) is 69.7 Å². The highest BCUT2D eigenvalue weighted by molar-refractivity contribution is 6.31. The van der Waals surface area contributed by atoms with Crippen molar-refractivity contribution in [2.75, 3.05) is 0 Å². The standard InChI is InChI=1S/C17H19ClO/c1-12-8-9-13(2)15(10-12)17(3,19)11-14-6-4-5-7-16(14)18/h4-10,19H,11H2,1-3H3. The summed E-state index contributed by atoms with van der Waals surface area (Å²) < 4.78 is 0. The van der Waals surface area contributed by atoms with E-state index in [1.165, 1.54) is 0 Å². The van der Waals surface area contributed by atoms with Crippen LogP contribution in [-0.4, -0.2) is 5.11 Å². The Balaban J connectivity index is 2.37. The predicted octanol–water partition coefficient (Wildman–Crippen LogP) is 4.41. The van der Waals surface area contributed by atoms with Gasteiger partial charge in [-0.3, -0.25) is 0 Å². The minimum Gasteiger partial charge on any atom is -0.385 e. The Morgan fingerprint density at radius 1 is 1.11 bits per heavy atom. The second kappa shape index (κ2) is 5.36. The zero-order chi connectivity index (χ0) is 14.0. The molecule has 19 heavy (non-hydrogen) atoms. The summed E-state index contributed by atoms with van der Waals surface area (Å²) in [6, 6.07) is 13.8. The van der Waals surface area contributed by atoms with Gasteiger partial charge in [0.25, 0.3) is 0 Å². The van der Waals surface area contributed by atoms with E-state index in [4.69, 9.17) is 11.6 Å². The van der Waals surface area contributed by atoms with Crippen LogP contribution in [0.15, 0.2) is 42.5 Å². The number of benzene rings is 2. The Morgan fingerprint density at radius 3 is 2.47 bits per heavy atom. The Morgan fingerprint density at radius 2 is 1.79 bits per heavy atom. The molecular weight excluding hydrogens is 256 g/mol. The SMILES string of the molecule is Cc1ccc(C)c(C(C)(O)Cc2ccccc2Cl)c1. The topological polar surface area (TPSA) is 20.2 Å². The van der Waals surface area contributed by atoms with E-state index >= 15 is 0 Å². The minimum absolute atomic E-state index is 0.511. The van der Waals surface area contributed by atoms with Crippen LogP contribution in [0, 0.1) is 13.8 Å². The number of halogens is 1. The van der Waals surface area contributed by atoms with Gasteiger partial charge in [0.1, 0.15) is 0 Å². The lowest BCUT2D eigenvalue weighted by molar-refractivity contribution is 0.0569. The van der Waals surface area contributed by atoms with Gasteiger partial charge in [0, 0.05) is 11.4 Å². The highest BCUT2D eigenvalue weighted by atomic mass is 35.5. The fraction of sp³-hybridized carbons (Fsp3) is 0.294. The molecule has 1 N–H and O–H groups in total. The quantitative estimate of drug-likeness (QED) is 0.879. The van der Waals surface area contributed by atoms with Gasteiger partial charge >= 0.3 is 0 Å². The molecule has 2 aromatic rings. The summed E-state index contributed by atoms with van der Waals surface area (Å²) in [5, 5.41) is 11.5. The van der Waals surface area contributed by atoms with Crippen molar-refractivity contribution >= 4 is 11.6 Å². The summed E-state index contributed by atoms with van der Waals surface area (Å²) >= 11 is 6.18. The first-order chi connectivity index (χ1) is 8.90. The van der Waals surface area contributed by atoms with Crippen molar-refractivity contribution in [1.29, 1.82) is 0 Å². The van der Waals surface area contributed by atoms with Crippen molar-refractivity contribution in [3.63, 3.8) is 0 Å². The Hall–Kier alpha value is -1.31. The van der Waals surface area contributed by atoms with E-state index in [-0.39, 0.29) is 0 Å². The van der Waals surface area contributed by atoms with Gasteiger partial charge in [-0.25, -0.2) is 0 Å². The highest BCUT2D eigenvalue weighted by Crippen LogP contribution is 2.31. The largest absolute Gasteiger partial charge is 0.385 e. The van der Waals surface area contributed by atoms with E-state index in [1.807, 2.05) is 57.2 Å². The van der Waals surface area contributed by atoms with Crippen LogP contribution in [-0.2, 0) is 12.0 Å². The van der Waals surface area contributed by atoms with Crippen molar-refractivity contribution in [2.24, 2.45) is 0 Å². The van der Waals surface area contributed by atoms with Crippen LogP contribution >= 0.6 is 11.6 Å². The fourth-order valence-electron chi connectivity index (χ4n) is 2.42. The molecule has 0 heterocycles. The molecule has 0 bridgehead atoms. The van der Waals surface area contributed by atoms with Gasteiger partial charge in [-0.1, -0.05) is 53.6 Å².